The number of nitrogens with zero attached hydrogens (tertiary/aromatic N) is 5. The summed E-state index contributed by atoms with van der Waals surface area (Å²) in [5.41, 5.74) is 8.63. The molecule has 0 saturated heterocycles. The van der Waals surface area contributed by atoms with Gasteiger partial charge in [-0.15, -0.1) is 5.10 Å². The Morgan fingerprint density at radius 2 is 1.72 bits per heavy atom. The van der Waals surface area contributed by atoms with Gasteiger partial charge in [0.1, 0.15) is 23.6 Å². The Morgan fingerprint density at radius 1 is 0.947 bits per heavy atom. The van der Waals surface area contributed by atoms with Gasteiger partial charge in [-0.1, -0.05) is 78.0 Å². The number of anilines is 1. The van der Waals surface area contributed by atoms with Crippen molar-refractivity contribution in [2.75, 3.05) is 31.2 Å². The quantitative estimate of drug-likeness (QED) is 0.104. The zero-order chi connectivity index (χ0) is 39.9. The van der Waals surface area contributed by atoms with Crippen LogP contribution in [0.4, 0.5) is 5.69 Å². The summed E-state index contributed by atoms with van der Waals surface area (Å²) in [6.07, 6.45) is 0.0777. The summed E-state index contributed by atoms with van der Waals surface area (Å²) in [7, 11) is -4.10. The number of rotatable bonds is 16. The number of ether oxygens (including phenoxy) is 2. The summed E-state index contributed by atoms with van der Waals surface area (Å²) in [6, 6.07) is 34.8. The maximum Gasteiger partial charge on any atom is 0.385 e. The van der Waals surface area contributed by atoms with Crippen molar-refractivity contribution in [3.05, 3.63) is 148 Å². The van der Waals surface area contributed by atoms with Gasteiger partial charge in [0.25, 0.3) is 0 Å². The van der Waals surface area contributed by atoms with Gasteiger partial charge in [0.15, 0.2) is 0 Å². The Kier molecular flexibility index (Phi) is 12.2. The number of hydrogen-bond acceptors (Lipinski definition) is 10. The number of aliphatic hydroxyl groups is 1. The Labute approximate surface area is 333 Å². The monoisotopic (exact) mass is 789 g/mol. The first-order valence-corrected chi connectivity index (χ1v) is 20.5. The molecule has 5 aromatic carbocycles. The summed E-state index contributed by atoms with van der Waals surface area (Å²) in [6.45, 7) is 8.18. The second-order valence-corrected chi connectivity index (χ2v) is 15.6. The number of aryl methyl sites for hydroxylation is 2. The van der Waals surface area contributed by atoms with Gasteiger partial charge in [0, 0.05) is 43.3 Å². The Hall–Kier alpha value is -5.76. The number of para-hydroxylation sites is 1. The molecule has 1 aliphatic rings. The third-order valence-corrected chi connectivity index (χ3v) is 11.6. The lowest BCUT2D eigenvalue weighted by Gasteiger charge is -2.29. The summed E-state index contributed by atoms with van der Waals surface area (Å²) >= 11 is 0. The molecule has 6 aromatic rings. The minimum Gasteiger partial charge on any atom is -0.489 e. The van der Waals surface area contributed by atoms with Crippen LogP contribution in [0.3, 0.4) is 0 Å². The lowest BCUT2D eigenvalue weighted by molar-refractivity contribution is -0.143. The Morgan fingerprint density at radius 3 is 2.47 bits per heavy atom. The molecule has 57 heavy (non-hydrogen) atoms. The van der Waals surface area contributed by atoms with Gasteiger partial charge in [0.05, 0.1) is 31.7 Å². The molecule has 1 atom stereocenters. The van der Waals surface area contributed by atoms with Gasteiger partial charge < -0.3 is 23.7 Å². The first kappa shape index (κ1) is 39.5. The van der Waals surface area contributed by atoms with E-state index in [0.29, 0.717) is 37.6 Å². The third kappa shape index (κ3) is 9.12. The van der Waals surface area contributed by atoms with Crippen molar-refractivity contribution in [3.8, 4) is 11.5 Å². The van der Waals surface area contributed by atoms with Crippen LogP contribution in [0.25, 0.3) is 11.0 Å². The molecule has 12 nitrogen and oxygen atoms in total. The average molecular weight is 790 g/mol. The van der Waals surface area contributed by atoms with Crippen molar-refractivity contribution in [2.24, 2.45) is 0 Å². The predicted octanol–water partition coefficient (Wildman–Crippen LogP) is 6.85. The van der Waals surface area contributed by atoms with Gasteiger partial charge in [0.2, 0.25) is 0 Å². The van der Waals surface area contributed by atoms with Crippen LogP contribution in [0, 0.1) is 13.8 Å². The number of hydrogen-bond donors (Lipinski definition) is 1. The molecule has 0 bridgehead atoms. The molecule has 2 heterocycles. The van der Waals surface area contributed by atoms with Gasteiger partial charge in [-0.3, -0.25) is 4.79 Å². The molecule has 1 aliphatic heterocycles. The van der Waals surface area contributed by atoms with Crippen LogP contribution < -0.4 is 13.8 Å². The average Bonchev–Trinajstić information content (AvgIpc) is 3.63. The topological polar surface area (TPSA) is 136 Å². The van der Waals surface area contributed by atoms with Gasteiger partial charge in [-0.25, -0.2) is 4.68 Å². The highest BCUT2D eigenvalue weighted by Crippen LogP contribution is 2.37. The number of fused-ring (bicyclic) bond motifs is 2. The van der Waals surface area contributed by atoms with Crippen LogP contribution >= 0.6 is 0 Å². The first-order chi connectivity index (χ1) is 27.6. The lowest BCUT2D eigenvalue weighted by atomic mass is 9.84. The molecule has 0 saturated carbocycles. The van der Waals surface area contributed by atoms with Crippen molar-refractivity contribution in [2.45, 2.75) is 59.4 Å². The molecule has 296 valence electrons. The van der Waals surface area contributed by atoms with E-state index in [9.17, 15) is 18.3 Å². The molecule has 0 radical (unpaired) electrons. The van der Waals surface area contributed by atoms with E-state index < -0.39 is 16.2 Å². The number of aromatic nitrogens is 3. The van der Waals surface area contributed by atoms with E-state index in [1.165, 1.54) is 4.31 Å². The van der Waals surface area contributed by atoms with Crippen molar-refractivity contribution in [1.29, 1.82) is 0 Å². The molecular formula is C44H47N5O7S. The molecule has 0 amide bonds. The molecule has 7 rings (SSSR count). The fourth-order valence-corrected chi connectivity index (χ4v) is 8.38. The second-order valence-electron chi connectivity index (χ2n) is 14.1. The van der Waals surface area contributed by atoms with E-state index in [4.69, 9.17) is 13.7 Å². The minimum atomic E-state index is -4.10. The molecule has 0 aliphatic carbocycles. The van der Waals surface area contributed by atoms with Crippen LogP contribution in [-0.2, 0) is 46.1 Å². The van der Waals surface area contributed by atoms with Crippen molar-refractivity contribution < 1.29 is 32.0 Å². The molecule has 1 N–H and O–H groups in total. The molecule has 1 unspecified atom stereocenters. The number of carbonyl (C=O) groups is 1. The number of esters is 1. The van der Waals surface area contributed by atoms with Crippen LogP contribution in [0.2, 0.25) is 0 Å². The highest BCUT2D eigenvalue weighted by atomic mass is 32.2. The minimum absolute atomic E-state index is 0.0272. The number of aliphatic hydroxyl groups excluding tert-OH is 1. The van der Waals surface area contributed by atoms with Crippen molar-refractivity contribution in [1.82, 2.24) is 19.3 Å². The Balaban J connectivity index is 1.14. The van der Waals surface area contributed by atoms with Gasteiger partial charge in [-0.05, 0) is 90.6 Å². The molecule has 13 heteroatoms. The Bertz CT molecular complexity index is 2440. The largest absolute Gasteiger partial charge is 0.489 e. The summed E-state index contributed by atoms with van der Waals surface area (Å²) < 4.78 is 47.1. The van der Waals surface area contributed by atoms with E-state index >= 15 is 0 Å². The zero-order valence-electron chi connectivity index (χ0n) is 32.4. The van der Waals surface area contributed by atoms with E-state index in [-0.39, 0.29) is 44.4 Å². The fraction of sp³-hybridized carbons (Fsp3) is 0.295. The second kappa shape index (κ2) is 17.6. The summed E-state index contributed by atoms with van der Waals surface area (Å²) in [5.74, 6) is 0.144. The SMILES string of the molecule is CCOC(=O)CC(c1ccc(C)c(CN2Cc3cc(OCc4ccccc4)ccc3OS2(=O)=O)c1)c1ccc2c(nnn2CCN(CCO)c2ccccc2)c1C. The van der Waals surface area contributed by atoms with Crippen molar-refractivity contribution >= 4 is 33.0 Å². The standard InChI is InChI=1S/C44H47N5O7S/c1-4-54-43(51)27-40(39-18-19-41-44(32(39)3)45-46-49(41)22-21-47(23-24-50)37-13-9-6-10-14-37)34-16-15-31(2)35(25-34)28-48-29-36-26-38(17-20-42(36)56-57(48,52)53)55-30-33-11-7-5-8-12-33/h5-20,25-26,40,50H,4,21-24,27-30H2,1-3H3. The maximum absolute atomic E-state index is 13.5. The summed E-state index contributed by atoms with van der Waals surface area (Å²) in [5, 5.41) is 18.8. The van der Waals surface area contributed by atoms with E-state index in [2.05, 4.69) is 15.2 Å². The fourth-order valence-electron chi connectivity index (χ4n) is 7.29. The first-order valence-electron chi connectivity index (χ1n) is 19.1. The molecule has 0 spiro atoms. The van der Waals surface area contributed by atoms with Crippen LogP contribution in [-0.4, -0.2) is 65.1 Å². The van der Waals surface area contributed by atoms with Gasteiger partial charge >= 0.3 is 16.3 Å². The van der Waals surface area contributed by atoms with Gasteiger partial charge in [-0.2, -0.15) is 12.7 Å². The molecule has 0 fully saturated rings. The maximum atomic E-state index is 13.5. The number of carbonyl (C=O) groups excluding carboxylic acids is 1. The normalized spacial score (nSPS) is 14.1. The number of benzene rings is 5. The third-order valence-electron chi connectivity index (χ3n) is 10.4. The van der Waals surface area contributed by atoms with Crippen LogP contribution in [0.15, 0.2) is 109 Å². The predicted molar refractivity (Wildman–Crippen MR) is 218 cm³/mol. The van der Waals surface area contributed by atoms with E-state index in [1.807, 2.05) is 116 Å². The van der Waals surface area contributed by atoms with E-state index in [1.54, 1.807) is 19.1 Å². The molecule has 1 aromatic heterocycles. The summed E-state index contributed by atoms with van der Waals surface area (Å²) in [4.78, 5) is 15.2. The highest BCUT2D eigenvalue weighted by molar-refractivity contribution is 7.84. The van der Waals surface area contributed by atoms with Crippen LogP contribution in [0.1, 0.15) is 58.2 Å². The van der Waals surface area contributed by atoms with Crippen LogP contribution in [0.5, 0.6) is 11.5 Å². The van der Waals surface area contributed by atoms with E-state index in [0.717, 1.165) is 50.1 Å². The smallest absolute Gasteiger partial charge is 0.385 e. The highest BCUT2D eigenvalue weighted by Gasteiger charge is 2.33. The van der Waals surface area contributed by atoms with Crippen molar-refractivity contribution in [3.63, 3.8) is 0 Å². The zero-order valence-corrected chi connectivity index (χ0v) is 33.2. The molecular weight excluding hydrogens is 743 g/mol. The lowest BCUT2D eigenvalue weighted by Crippen LogP contribution is -2.37.